The Kier molecular flexibility index (Phi) is 3.96. The monoisotopic (exact) mass is 279 g/mol. The molecule has 3 aliphatic rings. The summed E-state index contributed by atoms with van der Waals surface area (Å²) in [4.78, 5) is 26.2. The fourth-order valence-corrected chi connectivity index (χ4v) is 4.12. The van der Waals surface area contributed by atoms with Crippen LogP contribution in [0.1, 0.15) is 32.6 Å². The first kappa shape index (κ1) is 13.9. The van der Waals surface area contributed by atoms with Gasteiger partial charge in [-0.3, -0.25) is 9.59 Å². The van der Waals surface area contributed by atoms with Crippen molar-refractivity contribution in [2.24, 2.45) is 17.8 Å². The van der Waals surface area contributed by atoms with Gasteiger partial charge in [-0.25, -0.2) is 0 Å². The molecule has 112 valence electrons. The number of rotatable bonds is 3. The number of likely N-dealkylation sites (tertiary alicyclic amines) is 1. The highest BCUT2D eigenvalue weighted by molar-refractivity contribution is 5.87. The molecule has 2 heterocycles. The van der Waals surface area contributed by atoms with Gasteiger partial charge in [0.1, 0.15) is 6.04 Å². The molecule has 2 N–H and O–H groups in total. The Morgan fingerprint density at radius 2 is 1.75 bits per heavy atom. The summed E-state index contributed by atoms with van der Waals surface area (Å²) in [6, 6.07) is -0.290. The van der Waals surface area contributed by atoms with E-state index < -0.39 is 0 Å². The van der Waals surface area contributed by atoms with Crippen LogP contribution < -0.4 is 10.6 Å². The number of hydrogen-bond acceptors (Lipinski definition) is 3. The summed E-state index contributed by atoms with van der Waals surface area (Å²) in [6.07, 6.45) is 4.50. The van der Waals surface area contributed by atoms with Crippen LogP contribution in [0.2, 0.25) is 0 Å². The summed E-state index contributed by atoms with van der Waals surface area (Å²) in [5.74, 6) is 1.63. The molecule has 2 aliphatic heterocycles. The zero-order valence-corrected chi connectivity index (χ0v) is 12.2. The predicted molar refractivity (Wildman–Crippen MR) is 76.0 cm³/mol. The van der Waals surface area contributed by atoms with Crippen molar-refractivity contribution in [1.29, 1.82) is 0 Å². The van der Waals surface area contributed by atoms with Crippen molar-refractivity contribution in [2.75, 3.05) is 26.2 Å². The Bertz CT molecular complexity index is 381. The molecule has 0 bridgehead atoms. The minimum absolute atomic E-state index is 0.0868. The average Bonchev–Trinajstić information content (AvgIpc) is 3.09. The average molecular weight is 279 g/mol. The molecule has 1 aliphatic carbocycles. The molecule has 0 aromatic heterocycles. The summed E-state index contributed by atoms with van der Waals surface area (Å²) in [5, 5.41) is 6.31. The Hall–Kier alpha value is -1.10. The summed E-state index contributed by atoms with van der Waals surface area (Å²) < 4.78 is 0. The molecule has 3 atom stereocenters. The lowest BCUT2D eigenvalue weighted by atomic mass is 9.96. The first-order valence-corrected chi connectivity index (χ1v) is 7.91. The second kappa shape index (κ2) is 5.72. The van der Waals surface area contributed by atoms with Crippen LogP contribution in [0, 0.1) is 17.8 Å². The van der Waals surface area contributed by atoms with E-state index in [9.17, 15) is 9.59 Å². The summed E-state index contributed by atoms with van der Waals surface area (Å²) in [7, 11) is 0. The molecule has 2 saturated heterocycles. The second-order valence-corrected chi connectivity index (χ2v) is 6.64. The Morgan fingerprint density at radius 1 is 1.15 bits per heavy atom. The highest BCUT2D eigenvalue weighted by Gasteiger charge is 2.42. The van der Waals surface area contributed by atoms with Crippen molar-refractivity contribution >= 4 is 11.8 Å². The fraction of sp³-hybridized carbons (Fsp3) is 0.867. The van der Waals surface area contributed by atoms with E-state index in [0.29, 0.717) is 17.8 Å². The molecular formula is C15H25N3O2. The number of carbonyl (C=O) groups excluding carboxylic acids is 2. The van der Waals surface area contributed by atoms with E-state index in [-0.39, 0.29) is 17.9 Å². The van der Waals surface area contributed by atoms with Gasteiger partial charge >= 0.3 is 0 Å². The van der Waals surface area contributed by atoms with E-state index in [4.69, 9.17) is 0 Å². The molecule has 0 aromatic carbocycles. The van der Waals surface area contributed by atoms with Crippen LogP contribution in [0.5, 0.6) is 0 Å². The van der Waals surface area contributed by atoms with E-state index >= 15 is 0 Å². The SMILES string of the molecule is CC(=O)NC(C(=O)N1C[C@H]2CNC[C@H]2C1)C1CCCC1. The van der Waals surface area contributed by atoms with Crippen LogP contribution in [0.15, 0.2) is 0 Å². The van der Waals surface area contributed by atoms with Crippen molar-refractivity contribution in [3.63, 3.8) is 0 Å². The van der Waals surface area contributed by atoms with Crippen LogP contribution in [0.4, 0.5) is 0 Å². The minimum atomic E-state index is -0.290. The lowest BCUT2D eigenvalue weighted by molar-refractivity contribution is -0.137. The number of carbonyl (C=O) groups is 2. The van der Waals surface area contributed by atoms with Crippen molar-refractivity contribution < 1.29 is 9.59 Å². The summed E-state index contributed by atoms with van der Waals surface area (Å²) in [6.45, 7) is 5.29. The highest BCUT2D eigenvalue weighted by Crippen LogP contribution is 2.31. The molecule has 1 saturated carbocycles. The number of nitrogens with one attached hydrogen (secondary N) is 2. The normalized spacial score (nSPS) is 31.4. The van der Waals surface area contributed by atoms with Crippen molar-refractivity contribution in [3.05, 3.63) is 0 Å². The molecule has 3 fully saturated rings. The van der Waals surface area contributed by atoms with Crippen LogP contribution in [-0.2, 0) is 9.59 Å². The zero-order valence-electron chi connectivity index (χ0n) is 12.2. The second-order valence-electron chi connectivity index (χ2n) is 6.64. The van der Waals surface area contributed by atoms with Gasteiger partial charge in [0.15, 0.2) is 0 Å². The van der Waals surface area contributed by atoms with Gasteiger partial charge in [0.25, 0.3) is 0 Å². The zero-order chi connectivity index (χ0) is 14.1. The number of fused-ring (bicyclic) bond motifs is 1. The van der Waals surface area contributed by atoms with Crippen molar-refractivity contribution in [1.82, 2.24) is 15.5 Å². The van der Waals surface area contributed by atoms with E-state index in [2.05, 4.69) is 10.6 Å². The van der Waals surface area contributed by atoms with Crippen LogP contribution >= 0.6 is 0 Å². The molecule has 0 aromatic rings. The van der Waals surface area contributed by atoms with E-state index in [1.54, 1.807) is 0 Å². The molecule has 20 heavy (non-hydrogen) atoms. The van der Waals surface area contributed by atoms with E-state index in [1.807, 2.05) is 4.90 Å². The predicted octanol–water partition coefficient (Wildman–Crippen LogP) is 0.359. The highest BCUT2D eigenvalue weighted by atomic mass is 16.2. The number of hydrogen-bond donors (Lipinski definition) is 2. The Morgan fingerprint density at radius 3 is 2.30 bits per heavy atom. The maximum absolute atomic E-state index is 12.8. The van der Waals surface area contributed by atoms with Gasteiger partial charge in [-0.05, 0) is 30.6 Å². The van der Waals surface area contributed by atoms with Gasteiger partial charge in [0, 0.05) is 33.1 Å². The lowest BCUT2D eigenvalue weighted by Gasteiger charge is -2.28. The molecule has 5 heteroatoms. The first-order chi connectivity index (χ1) is 9.65. The minimum Gasteiger partial charge on any atom is -0.344 e. The third-order valence-corrected chi connectivity index (χ3v) is 5.20. The third-order valence-electron chi connectivity index (χ3n) is 5.20. The topological polar surface area (TPSA) is 61.4 Å². The lowest BCUT2D eigenvalue weighted by Crippen LogP contribution is -2.51. The molecule has 0 radical (unpaired) electrons. The van der Waals surface area contributed by atoms with Crippen LogP contribution in [0.3, 0.4) is 0 Å². The molecular weight excluding hydrogens is 254 g/mol. The van der Waals surface area contributed by atoms with Crippen LogP contribution in [0.25, 0.3) is 0 Å². The van der Waals surface area contributed by atoms with E-state index in [1.165, 1.54) is 19.8 Å². The molecule has 3 rings (SSSR count). The van der Waals surface area contributed by atoms with Gasteiger partial charge in [-0.2, -0.15) is 0 Å². The maximum Gasteiger partial charge on any atom is 0.245 e. The largest absolute Gasteiger partial charge is 0.344 e. The summed E-state index contributed by atoms with van der Waals surface area (Å²) in [5.41, 5.74) is 0. The standard InChI is InChI=1S/C15H25N3O2/c1-10(19)17-14(11-4-2-3-5-11)15(20)18-8-12-6-16-7-13(12)9-18/h11-14,16H,2-9H2,1H3,(H,17,19)/t12-,13+,14?. The van der Waals surface area contributed by atoms with Gasteiger partial charge in [-0.1, -0.05) is 12.8 Å². The van der Waals surface area contributed by atoms with Gasteiger partial charge in [-0.15, -0.1) is 0 Å². The molecule has 2 amide bonds. The quantitative estimate of drug-likeness (QED) is 0.784. The van der Waals surface area contributed by atoms with Crippen molar-refractivity contribution in [3.8, 4) is 0 Å². The number of nitrogens with zero attached hydrogens (tertiary/aromatic N) is 1. The fourth-order valence-electron chi connectivity index (χ4n) is 4.12. The van der Waals surface area contributed by atoms with E-state index in [0.717, 1.165) is 39.0 Å². The van der Waals surface area contributed by atoms with Crippen molar-refractivity contribution in [2.45, 2.75) is 38.6 Å². The van der Waals surface area contributed by atoms with Gasteiger partial charge in [0.2, 0.25) is 11.8 Å². The smallest absolute Gasteiger partial charge is 0.245 e. The molecule has 1 unspecified atom stereocenters. The third kappa shape index (κ3) is 2.68. The first-order valence-electron chi connectivity index (χ1n) is 7.91. The maximum atomic E-state index is 12.8. The summed E-state index contributed by atoms with van der Waals surface area (Å²) >= 11 is 0. The van der Waals surface area contributed by atoms with Crippen LogP contribution in [-0.4, -0.2) is 48.9 Å². The molecule has 5 nitrogen and oxygen atoms in total. The Labute approximate surface area is 120 Å². The molecule has 0 spiro atoms. The number of amides is 2. The van der Waals surface area contributed by atoms with Gasteiger partial charge < -0.3 is 15.5 Å². The van der Waals surface area contributed by atoms with Gasteiger partial charge in [0.05, 0.1) is 0 Å². The Balaban J connectivity index is 1.66.